The molecule has 0 aromatic heterocycles. The first-order chi connectivity index (χ1) is 17.2. The third kappa shape index (κ3) is 13.1. The molecule has 0 amide bonds. The van der Waals surface area contributed by atoms with Crippen molar-refractivity contribution >= 4 is 37.4 Å². The van der Waals surface area contributed by atoms with Crippen LogP contribution in [0.3, 0.4) is 0 Å². The molecular weight excluding hydrogens is 523 g/mol. The number of rotatable bonds is 22. The molecule has 0 aliphatic heterocycles. The van der Waals surface area contributed by atoms with Gasteiger partial charge in [0.1, 0.15) is 5.75 Å². The third-order valence-electron chi connectivity index (χ3n) is 5.69. The maximum atomic E-state index is 11.7. The molecule has 0 aliphatic carbocycles. The topological polar surface area (TPSA) is 102 Å². The van der Waals surface area contributed by atoms with Crippen molar-refractivity contribution in [3.05, 3.63) is 29.3 Å². The fourth-order valence-corrected chi connectivity index (χ4v) is 5.42. The van der Waals surface area contributed by atoms with Crippen molar-refractivity contribution < 1.29 is 33.6 Å². The van der Waals surface area contributed by atoms with E-state index in [0.29, 0.717) is 17.9 Å². The monoisotopic (exact) mass is 565 g/mol. The van der Waals surface area contributed by atoms with Crippen LogP contribution < -0.4 is 4.74 Å². The van der Waals surface area contributed by atoms with E-state index in [4.69, 9.17) is 25.8 Å². The number of carboxylic acid groups (broad SMARTS) is 1. The molecule has 0 saturated carbocycles. The summed E-state index contributed by atoms with van der Waals surface area (Å²) >= 11 is 7.90. The number of carbonyl (C=O) groups is 1. The Morgan fingerprint density at radius 1 is 1.06 bits per heavy atom. The lowest BCUT2D eigenvalue weighted by molar-refractivity contribution is -0.221. The summed E-state index contributed by atoms with van der Waals surface area (Å²) in [5.41, 5.74) is -2.48. The molecule has 10 heteroatoms. The molecule has 0 spiro atoms. The largest absolute Gasteiger partial charge is 0.586 e. The van der Waals surface area contributed by atoms with Crippen molar-refractivity contribution in [2.75, 3.05) is 18.1 Å². The molecule has 4 unspecified atom stereocenters. The van der Waals surface area contributed by atoms with Crippen LogP contribution in [0.5, 0.6) is 5.75 Å². The average Bonchev–Trinajstić information content (AvgIpc) is 2.85. The summed E-state index contributed by atoms with van der Waals surface area (Å²) in [7, 11) is -3.19. The Kier molecular flexibility index (Phi) is 17.7. The normalized spacial score (nSPS) is 15.2. The lowest BCUT2D eigenvalue weighted by Crippen LogP contribution is -2.43. The van der Waals surface area contributed by atoms with E-state index in [1.54, 1.807) is 13.8 Å². The van der Waals surface area contributed by atoms with Crippen LogP contribution in [-0.2, 0) is 18.8 Å². The summed E-state index contributed by atoms with van der Waals surface area (Å²) in [5.74, 6) is 1.54. The van der Waals surface area contributed by atoms with Gasteiger partial charge in [-0.3, -0.25) is 9.47 Å². The van der Waals surface area contributed by atoms with Gasteiger partial charge in [0.25, 0.3) is 0 Å². The fourth-order valence-electron chi connectivity index (χ4n) is 3.61. The van der Waals surface area contributed by atoms with E-state index in [0.717, 1.165) is 55.8 Å². The van der Waals surface area contributed by atoms with E-state index in [2.05, 4.69) is 6.92 Å². The smallest absolute Gasteiger partial charge is 0.490 e. The summed E-state index contributed by atoms with van der Waals surface area (Å²) < 4.78 is 28.3. The number of unbranched alkanes of at least 4 members (excludes halogenated alkanes) is 5. The van der Waals surface area contributed by atoms with Gasteiger partial charge in [-0.15, -0.1) is 0 Å². The summed E-state index contributed by atoms with van der Waals surface area (Å²) in [6.45, 7) is 5.69. The van der Waals surface area contributed by atoms with Crippen LogP contribution in [-0.4, -0.2) is 51.8 Å². The van der Waals surface area contributed by atoms with Crippen LogP contribution in [0.1, 0.15) is 85.0 Å². The van der Waals surface area contributed by atoms with Crippen molar-refractivity contribution in [1.29, 1.82) is 0 Å². The number of hydrogen-bond donors (Lipinski definition) is 2. The Morgan fingerprint density at radius 3 is 2.28 bits per heavy atom. The van der Waals surface area contributed by atoms with E-state index in [1.807, 2.05) is 36.0 Å². The van der Waals surface area contributed by atoms with Gasteiger partial charge < -0.3 is 9.84 Å². The standard InChI is InChI=1S/C26H42ClO7PS/c1-4-18-32-26(25(28)29,35(30)31)34-21(3)12-10-8-6-7-9-11-19-36-20-17-23(5-2)33-24-15-13-22(27)14-16-24/h13-16,21,23H,4-12,17-20H2,1-3H3,(H-,28,29,30,31)/p+1. The first-order valence-electron chi connectivity index (χ1n) is 13.0. The number of aliphatic carboxylic acids is 1. The average molecular weight is 566 g/mol. The van der Waals surface area contributed by atoms with Crippen molar-refractivity contribution in [1.82, 2.24) is 0 Å². The molecule has 206 valence electrons. The summed E-state index contributed by atoms with van der Waals surface area (Å²) in [6, 6.07) is 7.52. The predicted octanol–water partition coefficient (Wildman–Crippen LogP) is 7.66. The molecule has 1 aromatic carbocycles. The van der Waals surface area contributed by atoms with Crippen LogP contribution in [0.25, 0.3) is 0 Å². The zero-order chi connectivity index (χ0) is 26.8. The second-order valence-corrected chi connectivity index (χ2v) is 11.6. The second kappa shape index (κ2) is 19.2. The molecule has 0 aliphatic rings. The SMILES string of the molecule is CCCOC(OC(C)CCCCCCCCSCCC(CC)Oc1ccc(Cl)cc1)(C(=O)O)[P+](=O)O. The maximum absolute atomic E-state index is 11.7. The maximum Gasteiger partial charge on any atom is 0.586 e. The van der Waals surface area contributed by atoms with E-state index in [9.17, 15) is 19.4 Å². The number of hydrogen-bond acceptors (Lipinski definition) is 6. The van der Waals surface area contributed by atoms with E-state index in [-0.39, 0.29) is 12.7 Å². The first kappa shape index (κ1) is 33.1. The van der Waals surface area contributed by atoms with E-state index in [1.165, 1.54) is 12.8 Å². The Balaban J connectivity index is 2.11. The zero-order valence-corrected chi connectivity index (χ0v) is 24.3. The predicted molar refractivity (Wildman–Crippen MR) is 147 cm³/mol. The lowest BCUT2D eigenvalue weighted by Gasteiger charge is -2.22. The third-order valence-corrected chi connectivity index (χ3v) is 7.97. The summed E-state index contributed by atoms with van der Waals surface area (Å²) in [6.07, 6.45) is 9.41. The first-order valence-corrected chi connectivity index (χ1v) is 15.7. The van der Waals surface area contributed by atoms with Gasteiger partial charge >= 0.3 is 19.5 Å². The number of carboxylic acids is 1. The van der Waals surface area contributed by atoms with E-state index < -0.39 is 25.6 Å². The highest BCUT2D eigenvalue weighted by Crippen LogP contribution is 2.40. The van der Waals surface area contributed by atoms with Gasteiger partial charge in [-0.25, -0.2) is 4.79 Å². The summed E-state index contributed by atoms with van der Waals surface area (Å²) in [4.78, 5) is 21.1. The lowest BCUT2D eigenvalue weighted by atomic mass is 10.1. The highest BCUT2D eigenvalue weighted by Gasteiger charge is 2.62. The molecule has 0 bridgehead atoms. The molecule has 36 heavy (non-hydrogen) atoms. The Morgan fingerprint density at radius 2 is 1.69 bits per heavy atom. The van der Waals surface area contributed by atoms with Gasteiger partial charge in [0, 0.05) is 5.02 Å². The van der Waals surface area contributed by atoms with Crippen LogP contribution in [0.2, 0.25) is 5.02 Å². The molecule has 2 N–H and O–H groups in total. The number of halogens is 1. The van der Waals surface area contributed by atoms with Gasteiger partial charge in [0.2, 0.25) is 0 Å². The van der Waals surface area contributed by atoms with Gasteiger partial charge in [-0.05, 0) is 79.4 Å². The van der Waals surface area contributed by atoms with Gasteiger partial charge in [-0.2, -0.15) is 16.7 Å². The van der Waals surface area contributed by atoms with Gasteiger partial charge in [0.15, 0.2) is 0 Å². The van der Waals surface area contributed by atoms with Crippen LogP contribution in [0.4, 0.5) is 0 Å². The number of ether oxygens (including phenoxy) is 3. The molecule has 0 fully saturated rings. The second-order valence-electron chi connectivity index (χ2n) is 8.85. The Labute approximate surface area is 226 Å². The molecule has 1 aromatic rings. The molecule has 0 radical (unpaired) electrons. The number of benzene rings is 1. The number of thioether (sulfide) groups is 1. The van der Waals surface area contributed by atoms with E-state index >= 15 is 0 Å². The zero-order valence-electron chi connectivity index (χ0n) is 21.8. The minimum absolute atomic E-state index is 0.0370. The van der Waals surface area contributed by atoms with Crippen LogP contribution in [0.15, 0.2) is 24.3 Å². The molecule has 7 nitrogen and oxygen atoms in total. The molecule has 0 saturated heterocycles. The quantitative estimate of drug-likeness (QED) is 0.0839. The Hall–Kier alpha value is -0.890. The molecule has 4 atom stereocenters. The highest BCUT2D eigenvalue weighted by atomic mass is 35.5. The summed E-state index contributed by atoms with van der Waals surface area (Å²) in [5, 5.41) is 10.1. The minimum Gasteiger partial charge on any atom is -0.490 e. The van der Waals surface area contributed by atoms with Crippen molar-refractivity contribution in [3.63, 3.8) is 0 Å². The minimum atomic E-state index is -3.19. The Bertz CT molecular complexity index is 736. The van der Waals surface area contributed by atoms with Gasteiger partial charge in [0.05, 0.1) is 18.8 Å². The molecule has 0 heterocycles. The fraction of sp³-hybridized carbons (Fsp3) is 0.731. The van der Waals surface area contributed by atoms with Crippen molar-refractivity contribution in [2.45, 2.75) is 103 Å². The highest BCUT2D eigenvalue weighted by molar-refractivity contribution is 7.99. The van der Waals surface area contributed by atoms with Crippen LogP contribution >= 0.6 is 31.4 Å². The van der Waals surface area contributed by atoms with Gasteiger partial charge in [-0.1, -0.05) is 57.6 Å². The molecular formula is C26H43ClO7PS+. The van der Waals surface area contributed by atoms with Crippen molar-refractivity contribution in [3.8, 4) is 5.75 Å². The van der Waals surface area contributed by atoms with Crippen molar-refractivity contribution in [2.24, 2.45) is 0 Å². The molecule has 1 rings (SSSR count). The van der Waals surface area contributed by atoms with Crippen LogP contribution in [0, 0.1) is 0 Å².